The Morgan fingerprint density at radius 1 is 1.03 bits per heavy atom. The second kappa shape index (κ2) is 16.2. The fourth-order valence-corrected chi connectivity index (χ4v) is 3.07. The molecular weight excluding hydrogens is 491 g/mol. The molecule has 0 fully saturated rings. The number of furan rings is 1. The number of nitrogens with zero attached hydrogens (tertiary/aromatic N) is 2. The molecule has 168 valence electrons. The van der Waals surface area contributed by atoms with Gasteiger partial charge in [0, 0.05) is 32.8 Å². The zero-order valence-corrected chi connectivity index (χ0v) is 20.9. The van der Waals surface area contributed by atoms with Crippen molar-refractivity contribution >= 4 is 29.9 Å². The number of aliphatic imine (C=N–C) groups is 1. The van der Waals surface area contributed by atoms with Crippen LogP contribution in [-0.4, -0.2) is 44.2 Å². The summed E-state index contributed by atoms with van der Waals surface area (Å²) in [6, 6.07) is 12.4. The van der Waals surface area contributed by atoms with Gasteiger partial charge in [-0.15, -0.1) is 24.0 Å². The molecule has 30 heavy (non-hydrogen) atoms. The monoisotopic (exact) mass is 528 g/mol. The first-order valence-electron chi connectivity index (χ1n) is 10.6. The van der Waals surface area contributed by atoms with E-state index in [1.165, 1.54) is 11.1 Å². The summed E-state index contributed by atoms with van der Waals surface area (Å²) in [5.41, 5.74) is 2.53. The lowest BCUT2D eigenvalue weighted by atomic mass is 10.1. The number of hydrogen-bond acceptors (Lipinski definition) is 4. The number of unbranched alkanes of at least 4 members (excludes halogenated alkanes) is 1. The highest BCUT2D eigenvalue weighted by Crippen LogP contribution is 2.14. The summed E-state index contributed by atoms with van der Waals surface area (Å²) >= 11 is 0. The fraction of sp³-hybridized carbons (Fsp3) is 0.522. The van der Waals surface area contributed by atoms with Gasteiger partial charge in [0.15, 0.2) is 5.96 Å². The van der Waals surface area contributed by atoms with Gasteiger partial charge in [0.2, 0.25) is 0 Å². The largest absolute Gasteiger partial charge is 0.468 e. The van der Waals surface area contributed by atoms with E-state index in [0.717, 1.165) is 64.0 Å². The molecule has 7 heteroatoms. The summed E-state index contributed by atoms with van der Waals surface area (Å²) in [7, 11) is 2.11. The van der Waals surface area contributed by atoms with Crippen LogP contribution in [-0.2, 0) is 24.4 Å². The van der Waals surface area contributed by atoms with Crippen molar-refractivity contribution in [3.05, 3.63) is 59.5 Å². The average molecular weight is 528 g/mol. The first-order valence-corrected chi connectivity index (χ1v) is 10.6. The van der Waals surface area contributed by atoms with Gasteiger partial charge in [-0.2, -0.15) is 0 Å². The van der Waals surface area contributed by atoms with Crippen LogP contribution in [0.15, 0.2) is 52.1 Å². The van der Waals surface area contributed by atoms with E-state index in [1.54, 1.807) is 6.26 Å². The Morgan fingerprint density at radius 3 is 2.53 bits per heavy atom. The normalized spacial score (nSPS) is 11.4. The third-order valence-electron chi connectivity index (χ3n) is 4.53. The number of guanidine groups is 1. The Labute approximate surface area is 198 Å². The van der Waals surface area contributed by atoms with Crippen LogP contribution in [0.2, 0.25) is 0 Å². The highest BCUT2D eigenvalue weighted by Gasteiger charge is 2.08. The number of hydrogen-bond donors (Lipinski definition) is 2. The fourth-order valence-electron chi connectivity index (χ4n) is 3.07. The highest BCUT2D eigenvalue weighted by atomic mass is 127. The predicted molar refractivity (Wildman–Crippen MR) is 134 cm³/mol. The summed E-state index contributed by atoms with van der Waals surface area (Å²) in [6.07, 6.45) is 3.85. The standard InChI is InChI=1S/C23H36N4O2.HI/c1-4-24-23(25-14-8-9-15-28-5-2)26-17-20-11-6-7-12-21(20)18-27(3)19-22-13-10-16-29-22;/h6-7,10-13,16H,4-5,8-9,14-15,17-19H2,1-3H3,(H2,24,25,26);1H. The van der Waals surface area contributed by atoms with Gasteiger partial charge in [-0.3, -0.25) is 4.90 Å². The second-order valence-corrected chi connectivity index (χ2v) is 7.05. The van der Waals surface area contributed by atoms with E-state index in [4.69, 9.17) is 14.1 Å². The van der Waals surface area contributed by atoms with E-state index in [1.807, 2.05) is 19.1 Å². The molecule has 2 N–H and O–H groups in total. The van der Waals surface area contributed by atoms with Gasteiger partial charge in [-0.25, -0.2) is 4.99 Å². The van der Waals surface area contributed by atoms with Crippen LogP contribution in [0.4, 0.5) is 0 Å². The first kappa shape index (κ1) is 26.5. The van der Waals surface area contributed by atoms with Gasteiger partial charge < -0.3 is 19.8 Å². The van der Waals surface area contributed by atoms with E-state index in [0.29, 0.717) is 6.54 Å². The maximum atomic E-state index is 5.46. The molecule has 6 nitrogen and oxygen atoms in total. The molecule has 0 atom stereocenters. The smallest absolute Gasteiger partial charge is 0.191 e. The van der Waals surface area contributed by atoms with Gasteiger partial charge in [0.25, 0.3) is 0 Å². The van der Waals surface area contributed by atoms with E-state index >= 15 is 0 Å². The zero-order valence-electron chi connectivity index (χ0n) is 18.5. The minimum absolute atomic E-state index is 0. The molecule has 0 spiro atoms. The molecule has 0 aliphatic rings. The first-order chi connectivity index (χ1) is 14.2. The lowest BCUT2D eigenvalue weighted by Gasteiger charge is -2.17. The van der Waals surface area contributed by atoms with Crippen molar-refractivity contribution in [1.29, 1.82) is 0 Å². The van der Waals surface area contributed by atoms with Crippen LogP contribution >= 0.6 is 24.0 Å². The molecule has 1 aromatic heterocycles. The highest BCUT2D eigenvalue weighted by molar-refractivity contribution is 14.0. The maximum absolute atomic E-state index is 5.46. The van der Waals surface area contributed by atoms with E-state index in [9.17, 15) is 0 Å². The Bertz CT molecular complexity index is 707. The number of rotatable bonds is 13. The maximum Gasteiger partial charge on any atom is 0.191 e. The van der Waals surface area contributed by atoms with Crippen LogP contribution in [0.5, 0.6) is 0 Å². The SMILES string of the molecule is CCNC(=NCc1ccccc1CN(C)Cc1ccco1)NCCCCOCC.I. The molecule has 0 saturated carbocycles. The van der Waals surface area contributed by atoms with Crippen LogP contribution in [0.3, 0.4) is 0 Å². The number of nitrogens with one attached hydrogen (secondary N) is 2. The topological polar surface area (TPSA) is 62.0 Å². The Kier molecular flexibility index (Phi) is 14.2. The molecule has 0 aliphatic carbocycles. The molecule has 1 heterocycles. The molecule has 2 aromatic rings. The molecule has 0 radical (unpaired) electrons. The third-order valence-corrected chi connectivity index (χ3v) is 4.53. The molecule has 2 rings (SSSR count). The minimum Gasteiger partial charge on any atom is -0.468 e. The second-order valence-electron chi connectivity index (χ2n) is 7.05. The molecule has 0 bridgehead atoms. The van der Waals surface area contributed by atoms with Crippen LogP contribution in [0.1, 0.15) is 43.6 Å². The van der Waals surface area contributed by atoms with Gasteiger partial charge >= 0.3 is 0 Å². The summed E-state index contributed by atoms with van der Waals surface area (Å²) in [5.74, 6) is 1.84. The van der Waals surface area contributed by atoms with Crippen LogP contribution < -0.4 is 10.6 Å². The Morgan fingerprint density at radius 2 is 1.83 bits per heavy atom. The summed E-state index contributed by atoms with van der Waals surface area (Å²) in [4.78, 5) is 7.04. The Hall–Kier alpha value is -1.58. The van der Waals surface area contributed by atoms with E-state index in [2.05, 4.69) is 53.8 Å². The summed E-state index contributed by atoms with van der Waals surface area (Å²) in [6.45, 7) is 9.76. The van der Waals surface area contributed by atoms with Gasteiger partial charge in [-0.1, -0.05) is 24.3 Å². The summed E-state index contributed by atoms with van der Waals surface area (Å²) in [5, 5.41) is 6.75. The quantitative estimate of drug-likeness (QED) is 0.175. The number of ether oxygens (including phenoxy) is 1. The van der Waals surface area contributed by atoms with E-state index < -0.39 is 0 Å². The molecular formula is C23H37IN4O2. The van der Waals surface area contributed by atoms with Crippen molar-refractivity contribution in [2.24, 2.45) is 4.99 Å². The van der Waals surface area contributed by atoms with Crippen molar-refractivity contribution < 1.29 is 9.15 Å². The van der Waals surface area contributed by atoms with Crippen molar-refractivity contribution in [2.45, 2.75) is 46.3 Å². The van der Waals surface area contributed by atoms with Gasteiger partial charge in [0.1, 0.15) is 5.76 Å². The van der Waals surface area contributed by atoms with Gasteiger partial charge in [0.05, 0.1) is 19.4 Å². The zero-order chi connectivity index (χ0) is 20.7. The molecule has 0 saturated heterocycles. The minimum atomic E-state index is 0. The average Bonchev–Trinajstić information content (AvgIpc) is 3.22. The van der Waals surface area contributed by atoms with Crippen molar-refractivity contribution in [3.8, 4) is 0 Å². The molecule has 1 aromatic carbocycles. The lowest BCUT2D eigenvalue weighted by Crippen LogP contribution is -2.37. The number of halogens is 1. The van der Waals surface area contributed by atoms with Crippen molar-refractivity contribution in [2.75, 3.05) is 33.4 Å². The summed E-state index contributed by atoms with van der Waals surface area (Å²) < 4.78 is 10.8. The van der Waals surface area contributed by atoms with Crippen molar-refractivity contribution in [3.63, 3.8) is 0 Å². The molecule has 0 aliphatic heterocycles. The van der Waals surface area contributed by atoms with Gasteiger partial charge in [-0.05, 0) is 57.0 Å². The number of benzene rings is 1. The third kappa shape index (κ3) is 10.4. The predicted octanol–water partition coefficient (Wildman–Crippen LogP) is 4.40. The van der Waals surface area contributed by atoms with E-state index in [-0.39, 0.29) is 24.0 Å². The van der Waals surface area contributed by atoms with Crippen LogP contribution in [0, 0.1) is 0 Å². The lowest BCUT2D eigenvalue weighted by molar-refractivity contribution is 0.143. The Balaban J connectivity index is 0.00000450. The molecule has 0 amide bonds. The van der Waals surface area contributed by atoms with Crippen molar-refractivity contribution in [1.82, 2.24) is 15.5 Å². The van der Waals surface area contributed by atoms with Crippen LogP contribution in [0.25, 0.3) is 0 Å². The molecule has 0 unspecified atom stereocenters.